The molecule has 0 amide bonds. The number of halogens is 1. The number of hydrogen-bond acceptors (Lipinski definition) is 2. The zero-order valence-corrected chi connectivity index (χ0v) is 19.4. The van der Waals surface area contributed by atoms with Crippen molar-refractivity contribution in [3.8, 4) is 6.07 Å². The summed E-state index contributed by atoms with van der Waals surface area (Å²) in [6.07, 6.45) is 5.63. The van der Waals surface area contributed by atoms with E-state index in [4.69, 9.17) is 5.26 Å². The number of benzene rings is 2. The lowest BCUT2D eigenvalue weighted by molar-refractivity contribution is 0.0794. The van der Waals surface area contributed by atoms with Crippen molar-refractivity contribution in [3.05, 3.63) is 82.9 Å². The summed E-state index contributed by atoms with van der Waals surface area (Å²) in [5.74, 6) is 0.656. The van der Waals surface area contributed by atoms with Crippen LogP contribution < -0.4 is 0 Å². The molecule has 2 nitrogen and oxygen atoms in total. The molecule has 3 heteroatoms. The number of nitrogens with zero attached hydrogens (tertiary/aromatic N) is 2. The molecule has 0 spiro atoms. The molecule has 1 aliphatic heterocycles. The SMILES string of the molecule is C=C(CC)c1cc(C(=C)N2CCC(F)(c3ccc(C#N)cc3)CC2)c(C)cc1C1CCC1. The van der Waals surface area contributed by atoms with Crippen molar-refractivity contribution in [3.63, 3.8) is 0 Å². The van der Waals surface area contributed by atoms with Gasteiger partial charge in [-0.25, -0.2) is 4.39 Å². The van der Waals surface area contributed by atoms with Crippen LogP contribution in [-0.2, 0) is 5.67 Å². The van der Waals surface area contributed by atoms with Crippen molar-refractivity contribution in [1.82, 2.24) is 4.90 Å². The molecule has 0 aromatic heterocycles. The molecule has 2 aliphatic rings. The molecule has 2 aromatic rings. The predicted molar refractivity (Wildman–Crippen MR) is 131 cm³/mol. The maximum atomic E-state index is 15.7. The molecule has 0 bridgehead atoms. The van der Waals surface area contributed by atoms with Gasteiger partial charge in [0.25, 0.3) is 0 Å². The van der Waals surface area contributed by atoms with E-state index >= 15 is 4.39 Å². The number of piperidine rings is 1. The van der Waals surface area contributed by atoms with Crippen LogP contribution in [0.4, 0.5) is 4.39 Å². The molecule has 0 N–H and O–H groups in total. The quantitative estimate of drug-likeness (QED) is 0.476. The molecule has 0 radical (unpaired) electrons. The Labute approximate surface area is 192 Å². The first-order chi connectivity index (χ1) is 15.4. The van der Waals surface area contributed by atoms with E-state index in [1.807, 2.05) is 0 Å². The molecule has 0 atom stereocenters. The van der Waals surface area contributed by atoms with Crippen LogP contribution >= 0.6 is 0 Å². The number of aryl methyl sites for hydroxylation is 1. The molecule has 1 heterocycles. The topological polar surface area (TPSA) is 27.0 Å². The highest BCUT2D eigenvalue weighted by Gasteiger charge is 2.37. The third kappa shape index (κ3) is 4.11. The van der Waals surface area contributed by atoms with Crippen LogP contribution in [0.3, 0.4) is 0 Å². The highest BCUT2D eigenvalue weighted by Crippen LogP contribution is 2.43. The van der Waals surface area contributed by atoms with Gasteiger partial charge < -0.3 is 4.90 Å². The summed E-state index contributed by atoms with van der Waals surface area (Å²) >= 11 is 0. The Morgan fingerprint density at radius 3 is 2.31 bits per heavy atom. The van der Waals surface area contributed by atoms with Crippen molar-refractivity contribution >= 4 is 11.3 Å². The first kappa shape index (κ1) is 22.3. The Morgan fingerprint density at radius 2 is 1.78 bits per heavy atom. The third-order valence-corrected chi connectivity index (χ3v) is 7.53. The van der Waals surface area contributed by atoms with E-state index in [-0.39, 0.29) is 0 Å². The molecule has 1 aliphatic carbocycles. The average Bonchev–Trinajstić information content (AvgIpc) is 2.78. The second-order valence-electron chi connectivity index (χ2n) is 9.43. The summed E-state index contributed by atoms with van der Waals surface area (Å²) in [5, 5.41) is 9.00. The lowest BCUT2D eigenvalue weighted by Gasteiger charge is -2.39. The van der Waals surface area contributed by atoms with E-state index in [0.717, 1.165) is 17.7 Å². The molecular weight excluding hydrogens is 395 g/mol. The predicted octanol–water partition coefficient (Wildman–Crippen LogP) is 7.49. The minimum absolute atomic E-state index is 0.422. The lowest BCUT2D eigenvalue weighted by atomic mass is 9.75. The van der Waals surface area contributed by atoms with E-state index in [1.54, 1.807) is 24.3 Å². The maximum absolute atomic E-state index is 15.7. The Morgan fingerprint density at radius 1 is 1.12 bits per heavy atom. The van der Waals surface area contributed by atoms with Gasteiger partial charge in [0.1, 0.15) is 5.67 Å². The Kier molecular flexibility index (Phi) is 6.24. The monoisotopic (exact) mass is 428 g/mol. The summed E-state index contributed by atoms with van der Waals surface area (Å²) in [6, 6.07) is 13.7. The van der Waals surface area contributed by atoms with Crippen molar-refractivity contribution in [2.75, 3.05) is 13.1 Å². The fourth-order valence-electron chi connectivity index (χ4n) is 5.03. The molecule has 1 saturated heterocycles. The zero-order chi connectivity index (χ0) is 22.9. The molecule has 166 valence electrons. The molecule has 2 aromatic carbocycles. The summed E-state index contributed by atoms with van der Waals surface area (Å²) in [5.41, 5.74) is 7.18. The fourth-order valence-corrected chi connectivity index (χ4v) is 5.03. The number of allylic oxidation sites excluding steroid dienone is 1. The van der Waals surface area contributed by atoms with Gasteiger partial charge in [0, 0.05) is 37.2 Å². The zero-order valence-electron chi connectivity index (χ0n) is 19.4. The van der Waals surface area contributed by atoms with Gasteiger partial charge in [-0.1, -0.05) is 44.7 Å². The van der Waals surface area contributed by atoms with Crippen molar-refractivity contribution in [2.24, 2.45) is 0 Å². The van der Waals surface area contributed by atoms with E-state index < -0.39 is 5.67 Å². The lowest BCUT2D eigenvalue weighted by Crippen LogP contribution is -2.39. The minimum Gasteiger partial charge on any atom is -0.371 e. The Bertz CT molecular complexity index is 1060. The molecule has 32 heavy (non-hydrogen) atoms. The smallest absolute Gasteiger partial charge is 0.139 e. The number of hydrogen-bond donors (Lipinski definition) is 0. The standard InChI is InChI=1S/C29H33FN2/c1-5-20(2)27-18-26(21(3)17-28(27)24-7-6-8-24)22(4)32-15-13-29(30,14-16-32)25-11-9-23(19-31)10-12-25/h9-12,17-18,24H,2,4-8,13-16H2,1,3H3. The largest absolute Gasteiger partial charge is 0.371 e. The van der Waals surface area contributed by atoms with Crippen LogP contribution in [0.2, 0.25) is 0 Å². The summed E-state index contributed by atoms with van der Waals surface area (Å²) in [6.45, 7) is 14.4. The van der Waals surface area contributed by atoms with Gasteiger partial charge in [-0.3, -0.25) is 0 Å². The van der Waals surface area contributed by atoms with Crippen molar-refractivity contribution in [2.45, 2.75) is 64.0 Å². The van der Waals surface area contributed by atoms with E-state index in [2.05, 4.69) is 50.1 Å². The van der Waals surface area contributed by atoms with Gasteiger partial charge in [-0.05, 0) is 78.1 Å². The molecular formula is C29H33FN2. The highest BCUT2D eigenvalue weighted by atomic mass is 19.1. The van der Waals surface area contributed by atoms with E-state index in [0.29, 0.717) is 43.0 Å². The number of nitriles is 1. The van der Waals surface area contributed by atoms with Crippen LogP contribution in [0.15, 0.2) is 49.6 Å². The average molecular weight is 429 g/mol. The minimum atomic E-state index is -1.35. The van der Waals surface area contributed by atoms with Crippen LogP contribution in [0.1, 0.15) is 84.7 Å². The number of likely N-dealkylation sites (tertiary alicyclic amines) is 1. The summed E-state index contributed by atoms with van der Waals surface area (Å²) in [7, 11) is 0. The molecule has 2 fully saturated rings. The van der Waals surface area contributed by atoms with Gasteiger partial charge in [-0.2, -0.15) is 5.26 Å². The normalized spacial score (nSPS) is 18.0. The van der Waals surface area contributed by atoms with Crippen LogP contribution in [0, 0.1) is 18.3 Å². The van der Waals surface area contributed by atoms with Gasteiger partial charge in [-0.15, -0.1) is 0 Å². The Hall–Kier alpha value is -2.86. The van der Waals surface area contributed by atoms with Gasteiger partial charge in [0.2, 0.25) is 0 Å². The van der Waals surface area contributed by atoms with Gasteiger partial charge >= 0.3 is 0 Å². The van der Waals surface area contributed by atoms with E-state index in [9.17, 15) is 0 Å². The Balaban J connectivity index is 1.53. The van der Waals surface area contributed by atoms with Crippen LogP contribution in [0.5, 0.6) is 0 Å². The number of alkyl halides is 1. The molecule has 4 rings (SSSR count). The fraction of sp³-hybridized carbons (Fsp3) is 0.414. The highest BCUT2D eigenvalue weighted by molar-refractivity contribution is 5.74. The molecule has 1 saturated carbocycles. The van der Waals surface area contributed by atoms with Gasteiger partial charge in [0.15, 0.2) is 0 Å². The second-order valence-corrected chi connectivity index (χ2v) is 9.43. The van der Waals surface area contributed by atoms with Crippen molar-refractivity contribution in [1.29, 1.82) is 5.26 Å². The molecule has 0 unspecified atom stereocenters. The first-order valence-electron chi connectivity index (χ1n) is 11.8. The second kappa shape index (κ2) is 8.94. The van der Waals surface area contributed by atoms with Gasteiger partial charge in [0.05, 0.1) is 11.6 Å². The van der Waals surface area contributed by atoms with Crippen molar-refractivity contribution < 1.29 is 4.39 Å². The maximum Gasteiger partial charge on any atom is 0.139 e. The van der Waals surface area contributed by atoms with Crippen LogP contribution in [-0.4, -0.2) is 18.0 Å². The van der Waals surface area contributed by atoms with E-state index in [1.165, 1.54) is 41.5 Å². The third-order valence-electron chi connectivity index (χ3n) is 7.53. The first-order valence-corrected chi connectivity index (χ1v) is 11.8. The summed E-state index contributed by atoms with van der Waals surface area (Å²) in [4.78, 5) is 2.23. The summed E-state index contributed by atoms with van der Waals surface area (Å²) < 4.78 is 15.7. The van der Waals surface area contributed by atoms with Crippen LogP contribution in [0.25, 0.3) is 11.3 Å². The number of rotatable bonds is 6.